The van der Waals surface area contributed by atoms with E-state index in [1.807, 2.05) is 58.2 Å². The fourth-order valence-electron chi connectivity index (χ4n) is 5.35. The molecule has 1 saturated heterocycles. The van der Waals surface area contributed by atoms with Gasteiger partial charge in [0.05, 0.1) is 11.1 Å². The normalized spacial score (nSPS) is 16.8. The molecule has 1 aliphatic rings. The third-order valence-electron chi connectivity index (χ3n) is 8.36. The van der Waals surface area contributed by atoms with Crippen molar-refractivity contribution in [3.8, 4) is 11.3 Å². The molecule has 10 nitrogen and oxygen atoms in total. The number of hydrazine groups is 1. The number of carboxylic acids is 1. The molecule has 3 amide bonds. The fraction of sp³-hybridized carbons (Fsp3) is 0.441. The monoisotopic (exact) mass is 601 g/mol. The highest BCUT2D eigenvalue weighted by atomic mass is 16.4. The number of aliphatic carboxylic acids is 1. The highest BCUT2D eigenvalue weighted by Crippen LogP contribution is 2.29. The molecule has 234 valence electrons. The van der Waals surface area contributed by atoms with Crippen LogP contribution in [-0.2, 0) is 31.0 Å². The van der Waals surface area contributed by atoms with Crippen molar-refractivity contribution in [3.05, 3.63) is 65.9 Å². The first kappa shape index (κ1) is 32.6. The maximum atomic E-state index is 13.7. The van der Waals surface area contributed by atoms with Crippen LogP contribution in [0.25, 0.3) is 22.0 Å². The number of aromatic nitrogens is 1. The molecule has 1 aromatic heterocycles. The molecular weight excluding hydrogens is 558 g/mol. The number of pyridine rings is 1. The minimum absolute atomic E-state index is 0.261. The number of carbonyl (C=O) groups excluding carboxylic acids is 3. The molecule has 4 rings (SSSR count). The largest absolute Gasteiger partial charge is 0.480 e. The van der Waals surface area contributed by atoms with E-state index in [0.717, 1.165) is 34.0 Å². The summed E-state index contributed by atoms with van der Waals surface area (Å²) < 4.78 is 0. The summed E-state index contributed by atoms with van der Waals surface area (Å²) in [5.41, 5.74) is 5.44. The van der Waals surface area contributed by atoms with Gasteiger partial charge in [-0.05, 0) is 74.6 Å². The van der Waals surface area contributed by atoms with Crippen LogP contribution in [0.5, 0.6) is 0 Å². The van der Waals surface area contributed by atoms with Gasteiger partial charge in [-0.1, -0.05) is 57.2 Å². The highest BCUT2D eigenvalue weighted by Gasteiger charge is 2.36. The van der Waals surface area contributed by atoms with E-state index in [0.29, 0.717) is 19.4 Å². The second-order valence-corrected chi connectivity index (χ2v) is 12.4. The van der Waals surface area contributed by atoms with Crippen LogP contribution >= 0.6 is 0 Å². The number of amides is 3. The average molecular weight is 602 g/mol. The summed E-state index contributed by atoms with van der Waals surface area (Å²) in [6, 6.07) is 13.5. The Balaban J connectivity index is 1.47. The Morgan fingerprint density at radius 3 is 2.48 bits per heavy atom. The first-order valence-electron chi connectivity index (χ1n) is 15.2. The molecule has 2 aromatic carbocycles. The third kappa shape index (κ3) is 7.24. The van der Waals surface area contributed by atoms with E-state index < -0.39 is 41.3 Å². The van der Waals surface area contributed by atoms with Gasteiger partial charge in [-0.25, -0.2) is 5.43 Å². The molecule has 4 N–H and O–H groups in total. The molecule has 1 unspecified atom stereocenters. The third-order valence-corrected chi connectivity index (χ3v) is 8.36. The SMILES string of the molecule is CCc1ccc2cnc(-c3cccc(C(C)(C)C(=O)N[C@H](C(=O)N[C@@H](C)C(=O)N4CCCC(C(=O)O)N4)C(C)C)c3)cc2c1. The Morgan fingerprint density at radius 1 is 1.05 bits per heavy atom. The van der Waals surface area contributed by atoms with Crippen molar-refractivity contribution in [1.82, 2.24) is 26.1 Å². The zero-order valence-electron chi connectivity index (χ0n) is 26.3. The van der Waals surface area contributed by atoms with Crippen LogP contribution in [0.15, 0.2) is 54.7 Å². The van der Waals surface area contributed by atoms with E-state index in [1.165, 1.54) is 10.6 Å². The standard InChI is InChI=1S/C34H43N5O5/c1-7-22-13-14-24-19-35-28(18-25(24)16-22)23-10-8-11-26(17-23)34(5,6)33(44)37-29(20(2)3)30(40)36-21(4)31(41)39-15-9-12-27(38-39)32(42)43/h8,10-11,13-14,16-21,27,29,38H,7,9,12,15H2,1-6H3,(H,36,40)(H,37,44)(H,42,43)/t21-,27?,29-/m0/s1. The van der Waals surface area contributed by atoms with Gasteiger partial charge in [0, 0.05) is 23.7 Å². The zero-order valence-corrected chi connectivity index (χ0v) is 26.3. The number of nitrogens with zero attached hydrogens (tertiary/aromatic N) is 2. The van der Waals surface area contributed by atoms with Gasteiger partial charge in [-0.2, -0.15) is 0 Å². The van der Waals surface area contributed by atoms with Crippen molar-refractivity contribution >= 4 is 34.5 Å². The Labute approximate surface area is 258 Å². The summed E-state index contributed by atoms with van der Waals surface area (Å²) in [6.45, 7) is 11.3. The number of aryl methyl sites for hydroxylation is 1. The molecule has 0 saturated carbocycles. The van der Waals surface area contributed by atoms with E-state index in [2.05, 4.69) is 52.2 Å². The van der Waals surface area contributed by atoms with E-state index in [1.54, 1.807) is 6.92 Å². The van der Waals surface area contributed by atoms with Crippen molar-refractivity contribution in [3.63, 3.8) is 0 Å². The second kappa shape index (κ2) is 13.5. The minimum atomic E-state index is -1.03. The summed E-state index contributed by atoms with van der Waals surface area (Å²) >= 11 is 0. The summed E-state index contributed by atoms with van der Waals surface area (Å²) in [4.78, 5) is 56.0. The lowest BCUT2D eigenvalue weighted by Crippen LogP contribution is -2.61. The molecular formula is C34H43N5O5. The number of fused-ring (bicyclic) bond motifs is 1. The van der Waals surface area contributed by atoms with Gasteiger partial charge in [0.2, 0.25) is 11.8 Å². The molecule has 1 fully saturated rings. The molecule has 1 aliphatic heterocycles. The molecule has 3 aromatic rings. The summed E-state index contributed by atoms with van der Waals surface area (Å²) in [5, 5.41) is 18.3. The Kier molecular flexibility index (Phi) is 10.0. The second-order valence-electron chi connectivity index (χ2n) is 12.4. The summed E-state index contributed by atoms with van der Waals surface area (Å²) in [6.07, 6.45) is 3.75. The maximum Gasteiger partial charge on any atom is 0.322 e. The highest BCUT2D eigenvalue weighted by molar-refractivity contribution is 5.95. The molecule has 10 heteroatoms. The molecule has 0 bridgehead atoms. The van der Waals surface area contributed by atoms with Crippen LogP contribution in [0.3, 0.4) is 0 Å². The van der Waals surface area contributed by atoms with E-state index in [-0.39, 0.29) is 11.8 Å². The molecule has 44 heavy (non-hydrogen) atoms. The van der Waals surface area contributed by atoms with Crippen molar-refractivity contribution in [2.45, 2.75) is 84.3 Å². The number of nitrogens with one attached hydrogen (secondary N) is 3. The van der Waals surface area contributed by atoms with E-state index in [9.17, 15) is 24.3 Å². The van der Waals surface area contributed by atoms with Crippen LogP contribution in [-0.4, -0.2) is 63.5 Å². The number of carboxylic acid groups (broad SMARTS) is 1. The predicted octanol–water partition coefficient (Wildman–Crippen LogP) is 3.97. The molecule has 0 radical (unpaired) electrons. The van der Waals surface area contributed by atoms with E-state index in [4.69, 9.17) is 0 Å². The number of hydrogen-bond donors (Lipinski definition) is 4. The average Bonchev–Trinajstić information content (AvgIpc) is 3.02. The van der Waals surface area contributed by atoms with Gasteiger partial charge < -0.3 is 15.7 Å². The van der Waals surface area contributed by atoms with Gasteiger partial charge in [0.15, 0.2) is 0 Å². The lowest BCUT2D eigenvalue weighted by atomic mass is 9.82. The van der Waals surface area contributed by atoms with Gasteiger partial charge in [-0.3, -0.25) is 29.2 Å². The van der Waals surface area contributed by atoms with Crippen molar-refractivity contribution in [2.75, 3.05) is 6.54 Å². The Morgan fingerprint density at radius 2 is 1.80 bits per heavy atom. The number of benzene rings is 2. The van der Waals surface area contributed by atoms with Crippen molar-refractivity contribution in [2.24, 2.45) is 5.92 Å². The zero-order chi connectivity index (χ0) is 32.2. The van der Waals surface area contributed by atoms with Crippen molar-refractivity contribution < 1.29 is 24.3 Å². The predicted molar refractivity (Wildman–Crippen MR) is 169 cm³/mol. The van der Waals surface area contributed by atoms with Gasteiger partial charge in [0.1, 0.15) is 18.1 Å². The smallest absolute Gasteiger partial charge is 0.322 e. The topological polar surface area (TPSA) is 141 Å². The van der Waals surface area contributed by atoms with Crippen LogP contribution in [0.1, 0.15) is 65.5 Å². The van der Waals surface area contributed by atoms with Crippen LogP contribution < -0.4 is 16.1 Å². The Hall–Kier alpha value is -4.31. The van der Waals surface area contributed by atoms with Crippen LogP contribution in [0.2, 0.25) is 0 Å². The lowest BCUT2D eigenvalue weighted by Gasteiger charge is -2.34. The lowest BCUT2D eigenvalue weighted by molar-refractivity contribution is -0.148. The van der Waals surface area contributed by atoms with Gasteiger partial charge >= 0.3 is 5.97 Å². The van der Waals surface area contributed by atoms with Gasteiger partial charge in [-0.15, -0.1) is 0 Å². The van der Waals surface area contributed by atoms with E-state index >= 15 is 0 Å². The summed E-state index contributed by atoms with van der Waals surface area (Å²) in [5.74, 6) is -2.55. The first-order valence-corrected chi connectivity index (χ1v) is 15.2. The fourth-order valence-corrected chi connectivity index (χ4v) is 5.35. The summed E-state index contributed by atoms with van der Waals surface area (Å²) in [7, 11) is 0. The number of rotatable bonds is 10. The number of carbonyl (C=O) groups is 4. The molecule has 0 aliphatic carbocycles. The quantitative estimate of drug-likeness (QED) is 0.276. The maximum absolute atomic E-state index is 13.7. The van der Waals surface area contributed by atoms with Crippen LogP contribution in [0, 0.1) is 5.92 Å². The first-order chi connectivity index (χ1) is 20.8. The van der Waals surface area contributed by atoms with Crippen LogP contribution in [0.4, 0.5) is 0 Å². The van der Waals surface area contributed by atoms with Crippen molar-refractivity contribution in [1.29, 1.82) is 0 Å². The molecule has 0 spiro atoms. The molecule has 3 atom stereocenters. The number of hydrogen-bond acceptors (Lipinski definition) is 6. The Bertz CT molecular complexity index is 1550. The minimum Gasteiger partial charge on any atom is -0.480 e. The molecule has 2 heterocycles. The van der Waals surface area contributed by atoms with Gasteiger partial charge in [0.25, 0.3) is 5.91 Å².